The average Bonchev–Trinajstić information content (AvgIpc) is 3.69. The summed E-state index contributed by atoms with van der Waals surface area (Å²) in [6.07, 6.45) is 8.54. The van der Waals surface area contributed by atoms with E-state index in [0.717, 1.165) is 25.0 Å². The first-order valence-electron chi connectivity index (χ1n) is 18.1. The van der Waals surface area contributed by atoms with E-state index >= 15 is 0 Å². The molecule has 0 aliphatic carbocycles. The van der Waals surface area contributed by atoms with Gasteiger partial charge in [-0.25, -0.2) is 35.4 Å². The summed E-state index contributed by atoms with van der Waals surface area (Å²) < 4.78 is 62.5. The molecule has 290 valence electrons. The molecule has 2 aromatic carbocycles. The van der Waals surface area contributed by atoms with E-state index in [1.165, 1.54) is 7.11 Å². The number of unbranched alkanes of at least 4 members (excludes halogenated alkanes) is 2. The lowest BCUT2D eigenvalue weighted by atomic mass is 9.98. The van der Waals surface area contributed by atoms with Crippen molar-refractivity contribution in [2.24, 2.45) is 0 Å². The summed E-state index contributed by atoms with van der Waals surface area (Å²) in [6.45, 7) is 3.26. The molecule has 54 heavy (non-hydrogen) atoms. The van der Waals surface area contributed by atoms with E-state index in [1.54, 1.807) is 28.1 Å². The Kier molecular flexibility index (Phi) is 13.4. The van der Waals surface area contributed by atoms with Crippen molar-refractivity contribution in [3.8, 4) is 45.4 Å². The molecule has 17 heteroatoms. The molecule has 4 aromatic rings. The molecule has 1 N–H and O–H groups in total. The highest BCUT2D eigenvalue weighted by Gasteiger charge is 2.28. The predicted octanol–water partition coefficient (Wildman–Crippen LogP) is 5.86. The minimum Gasteiger partial charge on any atom is -0.480 e. The van der Waals surface area contributed by atoms with Crippen LogP contribution in [-0.2, 0) is 33.0 Å². The van der Waals surface area contributed by atoms with Gasteiger partial charge in [-0.2, -0.15) is 0 Å². The van der Waals surface area contributed by atoms with Crippen LogP contribution in [0.25, 0.3) is 33.6 Å². The number of hydrogen-bond acceptors (Lipinski definition) is 11. The first-order chi connectivity index (χ1) is 26.0. The van der Waals surface area contributed by atoms with Gasteiger partial charge in [0.25, 0.3) is 0 Å². The number of hydrogen-bond donors (Lipinski definition) is 1. The molecule has 4 heterocycles. The summed E-state index contributed by atoms with van der Waals surface area (Å²) in [5, 5.41) is 4.20. The van der Waals surface area contributed by atoms with Crippen molar-refractivity contribution in [3.05, 3.63) is 70.2 Å². The van der Waals surface area contributed by atoms with Crippen molar-refractivity contribution >= 4 is 43.2 Å². The molecule has 2 aromatic heterocycles. The van der Waals surface area contributed by atoms with Gasteiger partial charge in [-0.15, -0.1) is 0 Å². The molecule has 0 saturated carbocycles. The van der Waals surface area contributed by atoms with Crippen molar-refractivity contribution in [2.75, 3.05) is 58.4 Å². The number of ether oxygens (including phenoxy) is 2. The molecule has 2 saturated heterocycles. The number of benzene rings is 2. The minimum atomic E-state index is -3.10. The Bertz CT molecular complexity index is 2020. The molecule has 0 unspecified atom stereocenters. The number of rotatable bonds is 17. The van der Waals surface area contributed by atoms with Gasteiger partial charge in [0.1, 0.15) is 11.4 Å². The van der Waals surface area contributed by atoms with Crippen molar-refractivity contribution in [1.29, 1.82) is 0 Å². The van der Waals surface area contributed by atoms with Crippen LogP contribution in [0.3, 0.4) is 0 Å². The van der Waals surface area contributed by atoms with Crippen molar-refractivity contribution in [3.63, 3.8) is 0 Å². The molecule has 0 spiro atoms. The highest BCUT2D eigenvalue weighted by Crippen LogP contribution is 2.42. The summed E-state index contributed by atoms with van der Waals surface area (Å²) >= 11 is 14.1. The Morgan fingerprint density at radius 2 is 1.19 bits per heavy atom. The highest BCUT2D eigenvalue weighted by atomic mass is 35.5. The first-order valence-corrected chi connectivity index (χ1v) is 22.0. The fraction of sp³-hybridized carbons (Fsp3) is 0.459. The average molecular weight is 819 g/mol. The van der Waals surface area contributed by atoms with Gasteiger partial charge in [0.2, 0.25) is 31.8 Å². The molecule has 13 nitrogen and oxygen atoms in total. The molecule has 0 radical (unpaired) electrons. The summed E-state index contributed by atoms with van der Waals surface area (Å²) in [5.41, 5.74) is 5.15. The Balaban J connectivity index is 1.12. The summed E-state index contributed by atoms with van der Waals surface area (Å²) in [5.74, 6) is 1.25. The second-order valence-corrected chi connectivity index (χ2v) is 18.2. The molecule has 6 rings (SSSR count). The van der Waals surface area contributed by atoms with Crippen molar-refractivity contribution in [2.45, 2.75) is 51.5 Å². The SMILES string of the molecule is COc1nc(-c2cccc(-c3cccc(-c4cnc(CNCCCN5CCCS5(=O)=O)c(OC)n4)c3Cl)c2Cl)cnc1CCCCCN1CCCS1(=O)=O. The van der Waals surface area contributed by atoms with Gasteiger partial charge in [-0.05, 0) is 45.1 Å². The van der Waals surface area contributed by atoms with Gasteiger partial charge in [0.05, 0.1) is 59.6 Å². The van der Waals surface area contributed by atoms with E-state index in [0.29, 0.717) is 126 Å². The summed E-state index contributed by atoms with van der Waals surface area (Å²) in [4.78, 5) is 18.8. The van der Waals surface area contributed by atoms with Gasteiger partial charge in [0.15, 0.2) is 0 Å². The van der Waals surface area contributed by atoms with Gasteiger partial charge in [-0.1, -0.05) is 66.0 Å². The number of halogens is 2. The Hall–Kier alpha value is -3.44. The fourth-order valence-electron chi connectivity index (χ4n) is 6.78. The Labute approximate surface area is 327 Å². The second-order valence-electron chi connectivity index (χ2n) is 13.2. The van der Waals surface area contributed by atoms with Crippen LogP contribution in [-0.4, -0.2) is 104 Å². The van der Waals surface area contributed by atoms with Crippen LogP contribution in [0.1, 0.15) is 49.9 Å². The molecule has 2 aliphatic heterocycles. The molecule has 2 aliphatic rings. The number of aryl methyl sites for hydroxylation is 1. The van der Waals surface area contributed by atoms with Crippen LogP contribution in [0.15, 0.2) is 48.8 Å². The maximum atomic E-state index is 12.1. The maximum absolute atomic E-state index is 12.1. The van der Waals surface area contributed by atoms with E-state index in [9.17, 15) is 16.8 Å². The van der Waals surface area contributed by atoms with E-state index in [1.807, 2.05) is 36.4 Å². The van der Waals surface area contributed by atoms with Crippen LogP contribution in [0.2, 0.25) is 10.0 Å². The Morgan fingerprint density at radius 3 is 1.70 bits per heavy atom. The molecule has 0 atom stereocenters. The van der Waals surface area contributed by atoms with Crippen LogP contribution in [0.5, 0.6) is 11.8 Å². The van der Waals surface area contributed by atoms with Gasteiger partial charge < -0.3 is 14.8 Å². The maximum Gasteiger partial charge on any atom is 0.237 e. The van der Waals surface area contributed by atoms with Gasteiger partial charge in [0, 0.05) is 55.0 Å². The molecule has 2 fully saturated rings. The summed E-state index contributed by atoms with van der Waals surface area (Å²) in [6, 6.07) is 11.3. The number of methoxy groups -OCH3 is 2. The smallest absolute Gasteiger partial charge is 0.237 e. The van der Waals surface area contributed by atoms with Crippen molar-refractivity contribution < 1.29 is 26.3 Å². The zero-order valence-corrected chi connectivity index (χ0v) is 33.6. The van der Waals surface area contributed by atoms with Crippen LogP contribution < -0.4 is 14.8 Å². The lowest BCUT2D eigenvalue weighted by molar-refractivity contribution is 0.386. The number of nitrogens with zero attached hydrogens (tertiary/aromatic N) is 6. The van der Waals surface area contributed by atoms with E-state index in [-0.39, 0.29) is 11.5 Å². The fourth-order valence-corrected chi connectivity index (χ4v) is 10.6. The summed E-state index contributed by atoms with van der Waals surface area (Å²) in [7, 11) is -3.07. The third-order valence-electron chi connectivity index (χ3n) is 9.63. The molecule has 0 bridgehead atoms. The lowest BCUT2D eigenvalue weighted by Crippen LogP contribution is -2.29. The quantitative estimate of drug-likeness (QED) is 0.128. The Morgan fingerprint density at radius 1 is 0.685 bits per heavy atom. The standard InChI is InChI=1S/C37H45Cl2N7O6S2/c1-51-36-30(15-4-3-5-17-45-19-9-21-53(45,47)48)41-24-31(43-36)28-13-6-11-26(34(28)38)27-12-7-14-29(35(27)39)32-25-42-33(37(44-32)52-2)23-40-16-8-18-46-20-10-22-54(46,49)50/h6-7,11-14,24-25,40H,3-5,8-10,15-23H2,1-2H3. The van der Waals surface area contributed by atoms with Crippen LogP contribution in [0, 0.1) is 0 Å². The van der Waals surface area contributed by atoms with Gasteiger partial charge in [-0.3, -0.25) is 9.97 Å². The zero-order chi connectivity index (χ0) is 38.3. The number of aromatic nitrogens is 4. The lowest BCUT2D eigenvalue weighted by Gasteiger charge is -2.15. The molecular formula is C37H45Cl2N7O6S2. The molecular weight excluding hydrogens is 773 g/mol. The largest absolute Gasteiger partial charge is 0.480 e. The van der Waals surface area contributed by atoms with E-state index in [2.05, 4.69) is 15.3 Å². The third-order valence-corrected chi connectivity index (χ3v) is 14.4. The van der Waals surface area contributed by atoms with Gasteiger partial charge >= 0.3 is 0 Å². The second kappa shape index (κ2) is 18.0. The minimum absolute atomic E-state index is 0.229. The van der Waals surface area contributed by atoms with Crippen molar-refractivity contribution in [1.82, 2.24) is 33.9 Å². The van der Waals surface area contributed by atoms with Crippen LogP contribution in [0.4, 0.5) is 0 Å². The van der Waals surface area contributed by atoms with Crippen LogP contribution >= 0.6 is 23.2 Å². The van der Waals surface area contributed by atoms with E-state index < -0.39 is 20.0 Å². The first kappa shape index (κ1) is 40.2. The monoisotopic (exact) mass is 817 g/mol. The topological polar surface area (TPSA) is 157 Å². The molecule has 0 amide bonds. The highest BCUT2D eigenvalue weighted by molar-refractivity contribution is 7.89. The van der Waals surface area contributed by atoms with E-state index in [4.69, 9.17) is 42.6 Å². The predicted molar refractivity (Wildman–Crippen MR) is 211 cm³/mol. The zero-order valence-electron chi connectivity index (χ0n) is 30.4. The number of nitrogens with one attached hydrogen (secondary N) is 1. The normalized spacial score (nSPS) is 16.9. The third kappa shape index (κ3) is 9.32. The number of sulfonamides is 2.